The van der Waals surface area contributed by atoms with E-state index in [1.54, 1.807) is 35.2 Å². The number of amides is 1. The maximum Gasteiger partial charge on any atom is 0.324 e. The number of carbonyl (C=O) groups excluding carboxylic acids is 1. The van der Waals surface area contributed by atoms with Crippen molar-refractivity contribution in [2.45, 2.75) is 37.3 Å². The molecule has 0 saturated carbocycles. The second-order valence-electron chi connectivity index (χ2n) is 5.86. The Kier molecular flexibility index (Phi) is 6.17. The SMILES string of the molecule is O=C(NCC(F)(F)C(F)F)[C@@H](c1ccccc1)N1CCC(O)CC1. The maximum absolute atomic E-state index is 13.1. The van der Waals surface area contributed by atoms with Gasteiger partial charge in [-0.2, -0.15) is 8.78 Å². The van der Waals surface area contributed by atoms with Crippen molar-refractivity contribution in [2.24, 2.45) is 0 Å². The molecule has 1 amide bonds. The highest BCUT2D eigenvalue weighted by atomic mass is 19.3. The van der Waals surface area contributed by atoms with Crippen LogP contribution in [0.15, 0.2) is 30.3 Å². The number of carbonyl (C=O) groups is 1. The lowest BCUT2D eigenvalue weighted by molar-refractivity contribution is -0.140. The van der Waals surface area contributed by atoms with Gasteiger partial charge in [0.05, 0.1) is 12.6 Å². The Balaban J connectivity index is 2.12. The number of alkyl halides is 4. The van der Waals surface area contributed by atoms with Gasteiger partial charge in [-0.05, 0) is 18.4 Å². The molecule has 1 heterocycles. The van der Waals surface area contributed by atoms with Crippen molar-refractivity contribution in [3.8, 4) is 0 Å². The topological polar surface area (TPSA) is 52.6 Å². The van der Waals surface area contributed by atoms with Crippen LogP contribution in [0, 0.1) is 0 Å². The molecule has 0 radical (unpaired) electrons. The van der Waals surface area contributed by atoms with Crippen molar-refractivity contribution in [2.75, 3.05) is 19.6 Å². The van der Waals surface area contributed by atoms with Gasteiger partial charge in [-0.25, -0.2) is 8.78 Å². The third kappa shape index (κ3) is 4.67. The number of hydrogen-bond donors (Lipinski definition) is 2. The molecule has 1 fully saturated rings. The summed E-state index contributed by atoms with van der Waals surface area (Å²) in [7, 11) is 0. The molecule has 4 nitrogen and oxygen atoms in total. The van der Waals surface area contributed by atoms with Crippen LogP contribution in [0.4, 0.5) is 17.6 Å². The first-order valence-electron chi connectivity index (χ1n) is 7.72. The molecule has 1 aromatic rings. The van der Waals surface area contributed by atoms with Crippen molar-refractivity contribution in [3.05, 3.63) is 35.9 Å². The highest BCUT2D eigenvalue weighted by Gasteiger charge is 2.42. The number of nitrogens with one attached hydrogen (secondary N) is 1. The molecule has 2 rings (SSSR count). The fourth-order valence-electron chi connectivity index (χ4n) is 2.69. The highest BCUT2D eigenvalue weighted by Crippen LogP contribution is 2.26. The van der Waals surface area contributed by atoms with Crippen molar-refractivity contribution in [1.82, 2.24) is 10.2 Å². The first-order chi connectivity index (χ1) is 11.3. The van der Waals surface area contributed by atoms with E-state index in [1.165, 1.54) is 0 Å². The third-order valence-electron chi connectivity index (χ3n) is 4.05. The second-order valence-corrected chi connectivity index (χ2v) is 5.86. The van der Waals surface area contributed by atoms with Gasteiger partial charge in [-0.1, -0.05) is 30.3 Å². The summed E-state index contributed by atoms with van der Waals surface area (Å²) in [6.45, 7) is -0.581. The fraction of sp³-hybridized carbons (Fsp3) is 0.562. The van der Waals surface area contributed by atoms with E-state index >= 15 is 0 Å². The molecular weight excluding hydrogens is 328 g/mol. The molecule has 0 bridgehead atoms. The summed E-state index contributed by atoms with van der Waals surface area (Å²) in [5, 5.41) is 11.5. The lowest BCUT2D eigenvalue weighted by Crippen LogP contribution is -2.48. The van der Waals surface area contributed by atoms with Crippen LogP contribution in [0.3, 0.4) is 0 Å². The minimum atomic E-state index is -4.27. The van der Waals surface area contributed by atoms with E-state index in [1.807, 2.05) is 5.32 Å². The molecule has 0 aliphatic carbocycles. The van der Waals surface area contributed by atoms with Crippen LogP contribution in [-0.4, -0.2) is 54.0 Å². The van der Waals surface area contributed by atoms with E-state index in [4.69, 9.17) is 0 Å². The van der Waals surface area contributed by atoms with E-state index in [9.17, 15) is 27.5 Å². The monoisotopic (exact) mass is 348 g/mol. The highest BCUT2D eigenvalue weighted by molar-refractivity contribution is 5.83. The number of piperidine rings is 1. The molecule has 1 aliphatic rings. The molecule has 1 atom stereocenters. The van der Waals surface area contributed by atoms with Gasteiger partial charge in [0.1, 0.15) is 6.04 Å². The van der Waals surface area contributed by atoms with Crippen LogP contribution in [0.1, 0.15) is 24.4 Å². The van der Waals surface area contributed by atoms with Crippen molar-refractivity contribution in [1.29, 1.82) is 0 Å². The Hall–Kier alpha value is -1.67. The molecule has 1 saturated heterocycles. The minimum absolute atomic E-state index is 0.416. The van der Waals surface area contributed by atoms with Crippen LogP contribution in [0.2, 0.25) is 0 Å². The summed E-state index contributed by atoms with van der Waals surface area (Å²) in [6, 6.07) is 7.68. The first-order valence-corrected chi connectivity index (χ1v) is 7.72. The predicted molar refractivity (Wildman–Crippen MR) is 80.0 cm³/mol. The van der Waals surface area contributed by atoms with E-state index in [0.717, 1.165) is 0 Å². The average molecular weight is 348 g/mol. The van der Waals surface area contributed by atoms with Crippen LogP contribution in [0.5, 0.6) is 0 Å². The number of halogens is 4. The van der Waals surface area contributed by atoms with Gasteiger partial charge < -0.3 is 10.4 Å². The van der Waals surface area contributed by atoms with Gasteiger partial charge in [0, 0.05) is 13.1 Å². The molecule has 8 heteroatoms. The first kappa shape index (κ1) is 18.7. The number of nitrogens with zero attached hydrogens (tertiary/aromatic N) is 1. The number of benzene rings is 1. The Labute approximate surface area is 137 Å². The molecule has 0 unspecified atom stereocenters. The van der Waals surface area contributed by atoms with E-state index in [-0.39, 0.29) is 0 Å². The zero-order chi connectivity index (χ0) is 17.7. The lowest BCUT2D eigenvalue weighted by Gasteiger charge is -2.35. The number of aliphatic hydroxyl groups is 1. The van der Waals surface area contributed by atoms with Crippen LogP contribution < -0.4 is 5.32 Å². The fourth-order valence-corrected chi connectivity index (χ4v) is 2.69. The van der Waals surface area contributed by atoms with Crippen LogP contribution in [0.25, 0.3) is 0 Å². The van der Waals surface area contributed by atoms with E-state index in [2.05, 4.69) is 0 Å². The molecule has 1 aliphatic heterocycles. The van der Waals surface area contributed by atoms with Gasteiger partial charge >= 0.3 is 12.3 Å². The summed E-state index contributed by atoms with van der Waals surface area (Å²) < 4.78 is 50.6. The maximum atomic E-state index is 13.1. The second kappa shape index (κ2) is 7.94. The average Bonchev–Trinajstić information content (AvgIpc) is 2.56. The number of rotatable bonds is 6. The largest absolute Gasteiger partial charge is 0.393 e. The Bertz CT molecular complexity index is 534. The summed E-state index contributed by atoms with van der Waals surface area (Å²) >= 11 is 0. The summed E-state index contributed by atoms with van der Waals surface area (Å²) in [4.78, 5) is 14.2. The zero-order valence-corrected chi connectivity index (χ0v) is 13.0. The lowest BCUT2D eigenvalue weighted by atomic mass is 10.00. The summed E-state index contributed by atoms with van der Waals surface area (Å²) in [5.74, 6) is -5.02. The van der Waals surface area contributed by atoms with Crippen molar-refractivity contribution >= 4 is 5.91 Å². The van der Waals surface area contributed by atoms with Gasteiger partial charge in [0.15, 0.2) is 0 Å². The van der Waals surface area contributed by atoms with Gasteiger partial charge in [-0.15, -0.1) is 0 Å². The van der Waals surface area contributed by atoms with E-state index in [0.29, 0.717) is 31.5 Å². The number of hydrogen-bond acceptors (Lipinski definition) is 3. The Morgan fingerprint density at radius 3 is 2.38 bits per heavy atom. The number of likely N-dealkylation sites (tertiary alicyclic amines) is 1. The Morgan fingerprint density at radius 2 is 1.83 bits per heavy atom. The van der Waals surface area contributed by atoms with E-state index < -0.39 is 36.9 Å². The van der Waals surface area contributed by atoms with Gasteiger partial charge in [0.25, 0.3) is 0 Å². The van der Waals surface area contributed by atoms with Crippen LogP contribution >= 0.6 is 0 Å². The van der Waals surface area contributed by atoms with Gasteiger partial charge in [0.2, 0.25) is 5.91 Å². The zero-order valence-electron chi connectivity index (χ0n) is 13.0. The molecule has 1 aromatic carbocycles. The Morgan fingerprint density at radius 1 is 1.25 bits per heavy atom. The molecule has 2 N–H and O–H groups in total. The summed E-state index contributed by atoms with van der Waals surface area (Å²) in [6.07, 6.45) is -3.37. The molecule has 24 heavy (non-hydrogen) atoms. The van der Waals surface area contributed by atoms with Crippen molar-refractivity contribution < 1.29 is 27.5 Å². The predicted octanol–water partition coefficient (Wildman–Crippen LogP) is 2.20. The molecule has 0 aromatic heterocycles. The smallest absolute Gasteiger partial charge is 0.324 e. The van der Waals surface area contributed by atoms with Crippen LogP contribution in [-0.2, 0) is 4.79 Å². The molecular formula is C16H20F4N2O2. The standard InChI is InChI=1S/C16H20F4N2O2/c17-15(18)16(19,20)10-21-14(24)13(11-4-2-1-3-5-11)22-8-6-12(23)7-9-22/h1-5,12-13,15,23H,6-10H2,(H,21,24)/t13-/m1/s1. The molecule has 134 valence electrons. The third-order valence-corrected chi connectivity index (χ3v) is 4.05. The van der Waals surface area contributed by atoms with Crippen molar-refractivity contribution in [3.63, 3.8) is 0 Å². The summed E-state index contributed by atoms with van der Waals surface area (Å²) in [5.41, 5.74) is 0.590. The minimum Gasteiger partial charge on any atom is -0.393 e. The quantitative estimate of drug-likeness (QED) is 0.775. The van der Waals surface area contributed by atoms with Gasteiger partial charge in [-0.3, -0.25) is 9.69 Å². The number of aliphatic hydroxyl groups excluding tert-OH is 1. The molecule has 0 spiro atoms. The normalized spacial score (nSPS) is 18.6.